The molecule has 0 bridgehead atoms. The van der Waals surface area contributed by atoms with Crippen LogP contribution >= 0.6 is 23.2 Å². The van der Waals surface area contributed by atoms with E-state index in [2.05, 4.69) is 15.0 Å². The number of halogens is 2. The number of aromatic nitrogens is 1. The molecule has 0 unspecified atom stereocenters. The largest absolute Gasteiger partial charge is 0.480 e. The minimum absolute atomic E-state index is 0.0209. The smallest absolute Gasteiger partial charge is 0.326 e. The lowest BCUT2D eigenvalue weighted by Crippen LogP contribution is -2.42. The molecule has 0 aliphatic heterocycles. The van der Waals surface area contributed by atoms with Crippen molar-refractivity contribution in [2.75, 3.05) is 7.11 Å². The maximum absolute atomic E-state index is 11.8. The Hall–Kier alpha value is -1.86. The van der Waals surface area contributed by atoms with Gasteiger partial charge >= 0.3 is 11.9 Å². The molecule has 1 amide bonds. The van der Waals surface area contributed by atoms with E-state index in [0.29, 0.717) is 0 Å². The summed E-state index contributed by atoms with van der Waals surface area (Å²) in [6.45, 7) is 0. The van der Waals surface area contributed by atoms with E-state index in [4.69, 9.17) is 28.3 Å². The number of aliphatic carboxylic acids is 1. The van der Waals surface area contributed by atoms with Crippen LogP contribution < -0.4 is 5.32 Å². The van der Waals surface area contributed by atoms with Crippen molar-refractivity contribution in [1.82, 2.24) is 10.3 Å². The number of ether oxygens (including phenoxy) is 1. The number of nitrogens with zero attached hydrogens (tertiary/aromatic N) is 1. The summed E-state index contributed by atoms with van der Waals surface area (Å²) in [6, 6.07) is -0.173. The maximum Gasteiger partial charge on any atom is 0.326 e. The van der Waals surface area contributed by atoms with Gasteiger partial charge in [0, 0.05) is 6.20 Å². The summed E-state index contributed by atoms with van der Waals surface area (Å²) in [6.07, 6.45) is 0.646. The van der Waals surface area contributed by atoms with Crippen molar-refractivity contribution in [1.29, 1.82) is 0 Å². The molecule has 1 rings (SSSR count). The zero-order valence-electron chi connectivity index (χ0n) is 10.2. The SMILES string of the molecule is COC(=O)C[C@H](NC(=O)c1cnc(Cl)c(Cl)c1)C(=O)O. The van der Waals surface area contributed by atoms with Crippen LogP contribution in [0.15, 0.2) is 12.3 Å². The molecular weight excluding hydrogens is 311 g/mol. The van der Waals surface area contributed by atoms with Crippen LogP contribution in [0, 0.1) is 0 Å². The number of pyridine rings is 1. The molecule has 108 valence electrons. The highest BCUT2D eigenvalue weighted by Crippen LogP contribution is 2.19. The molecule has 9 heteroatoms. The van der Waals surface area contributed by atoms with Gasteiger partial charge in [-0.15, -0.1) is 0 Å². The number of rotatable bonds is 5. The third-order valence-corrected chi connectivity index (χ3v) is 2.95. The van der Waals surface area contributed by atoms with Gasteiger partial charge < -0.3 is 15.2 Å². The predicted octanol–water partition coefficient (Wildman–Crippen LogP) is 1.13. The highest BCUT2D eigenvalue weighted by atomic mass is 35.5. The molecule has 7 nitrogen and oxygen atoms in total. The number of carboxylic acids is 1. The van der Waals surface area contributed by atoms with E-state index in [1.807, 2.05) is 0 Å². The summed E-state index contributed by atoms with van der Waals surface area (Å²) >= 11 is 11.3. The van der Waals surface area contributed by atoms with Gasteiger partial charge in [0.15, 0.2) is 0 Å². The van der Waals surface area contributed by atoms with Crippen LogP contribution in [-0.4, -0.2) is 41.1 Å². The Morgan fingerprint density at radius 2 is 2.10 bits per heavy atom. The Labute approximate surface area is 123 Å². The average molecular weight is 321 g/mol. The number of carbonyl (C=O) groups excluding carboxylic acids is 2. The molecule has 0 fully saturated rings. The van der Waals surface area contributed by atoms with E-state index in [0.717, 1.165) is 13.3 Å². The second kappa shape index (κ2) is 7.06. The van der Waals surface area contributed by atoms with Crippen LogP contribution in [0.25, 0.3) is 0 Å². The molecule has 0 aliphatic rings. The molecular formula is C11H10Cl2N2O5. The summed E-state index contributed by atoms with van der Waals surface area (Å²) in [7, 11) is 1.12. The highest BCUT2D eigenvalue weighted by Gasteiger charge is 2.24. The van der Waals surface area contributed by atoms with E-state index >= 15 is 0 Å². The second-order valence-corrected chi connectivity index (χ2v) is 4.41. The van der Waals surface area contributed by atoms with Gasteiger partial charge in [-0.25, -0.2) is 9.78 Å². The molecule has 20 heavy (non-hydrogen) atoms. The molecule has 0 spiro atoms. The standard InChI is InChI=1S/C11H10Cl2N2O5/c1-20-8(16)3-7(11(18)19)15-10(17)5-2-6(12)9(13)14-4-5/h2,4,7H,3H2,1H3,(H,15,17)(H,18,19)/t7-/m0/s1. The van der Waals surface area contributed by atoms with Crippen LogP contribution in [0.4, 0.5) is 0 Å². The number of nitrogens with one attached hydrogen (secondary N) is 1. The lowest BCUT2D eigenvalue weighted by molar-refractivity contribution is -0.147. The number of hydrogen-bond acceptors (Lipinski definition) is 5. The van der Waals surface area contributed by atoms with Gasteiger partial charge in [-0.05, 0) is 6.07 Å². The molecule has 0 saturated carbocycles. The van der Waals surface area contributed by atoms with E-state index < -0.39 is 30.3 Å². The van der Waals surface area contributed by atoms with Gasteiger partial charge in [-0.2, -0.15) is 0 Å². The molecule has 0 radical (unpaired) electrons. The monoisotopic (exact) mass is 320 g/mol. The number of methoxy groups -OCH3 is 1. The average Bonchev–Trinajstić information content (AvgIpc) is 2.40. The topological polar surface area (TPSA) is 106 Å². The van der Waals surface area contributed by atoms with Gasteiger partial charge in [0.05, 0.1) is 24.1 Å². The van der Waals surface area contributed by atoms with Crippen molar-refractivity contribution < 1.29 is 24.2 Å². The van der Waals surface area contributed by atoms with E-state index in [9.17, 15) is 14.4 Å². The van der Waals surface area contributed by atoms with Gasteiger partial charge in [-0.3, -0.25) is 9.59 Å². The van der Waals surface area contributed by atoms with Crippen LogP contribution in [-0.2, 0) is 14.3 Å². The third-order valence-electron chi connectivity index (χ3n) is 2.26. The Bertz CT molecular complexity index is 550. The van der Waals surface area contributed by atoms with Crippen LogP contribution in [0.1, 0.15) is 16.8 Å². The van der Waals surface area contributed by atoms with Gasteiger partial charge in [0.2, 0.25) is 0 Å². The quantitative estimate of drug-likeness (QED) is 0.622. The maximum atomic E-state index is 11.8. The minimum Gasteiger partial charge on any atom is -0.480 e. The zero-order chi connectivity index (χ0) is 15.3. The summed E-state index contributed by atoms with van der Waals surface area (Å²) in [5, 5.41) is 11.2. The van der Waals surface area contributed by atoms with Gasteiger partial charge in [0.25, 0.3) is 5.91 Å². The molecule has 0 aromatic carbocycles. The van der Waals surface area contributed by atoms with Crippen molar-refractivity contribution in [3.8, 4) is 0 Å². The summed E-state index contributed by atoms with van der Waals surface area (Å²) in [5.41, 5.74) is 0.0236. The van der Waals surface area contributed by atoms with Gasteiger partial charge in [0.1, 0.15) is 11.2 Å². The minimum atomic E-state index is -1.41. The third kappa shape index (κ3) is 4.36. The molecule has 1 atom stereocenters. The van der Waals surface area contributed by atoms with E-state index in [1.54, 1.807) is 0 Å². The number of esters is 1. The van der Waals surface area contributed by atoms with Crippen molar-refractivity contribution in [2.24, 2.45) is 0 Å². The first-order valence-electron chi connectivity index (χ1n) is 5.26. The predicted molar refractivity (Wildman–Crippen MR) is 69.8 cm³/mol. The molecule has 2 N–H and O–H groups in total. The lowest BCUT2D eigenvalue weighted by Gasteiger charge is -2.13. The van der Waals surface area contributed by atoms with Crippen molar-refractivity contribution in [3.63, 3.8) is 0 Å². The Kier molecular flexibility index (Phi) is 5.72. The van der Waals surface area contributed by atoms with Crippen LogP contribution in [0.2, 0.25) is 10.2 Å². The number of hydrogen-bond donors (Lipinski definition) is 2. The first-order valence-corrected chi connectivity index (χ1v) is 6.02. The summed E-state index contributed by atoms with van der Waals surface area (Å²) in [5.74, 6) is -2.87. The van der Waals surface area contributed by atoms with Crippen molar-refractivity contribution >= 4 is 41.0 Å². The number of carbonyl (C=O) groups is 3. The summed E-state index contributed by atoms with van der Waals surface area (Å²) < 4.78 is 4.35. The first-order chi connectivity index (χ1) is 9.35. The Balaban J connectivity index is 2.82. The van der Waals surface area contributed by atoms with E-state index in [1.165, 1.54) is 6.07 Å². The van der Waals surface area contributed by atoms with Crippen molar-refractivity contribution in [2.45, 2.75) is 12.5 Å². The zero-order valence-corrected chi connectivity index (χ0v) is 11.7. The number of amides is 1. The molecule has 1 aromatic rings. The Morgan fingerprint density at radius 3 is 2.60 bits per heavy atom. The molecule has 0 aliphatic carbocycles. The fourth-order valence-electron chi connectivity index (χ4n) is 1.24. The van der Waals surface area contributed by atoms with E-state index in [-0.39, 0.29) is 15.7 Å². The normalized spacial score (nSPS) is 11.6. The lowest BCUT2D eigenvalue weighted by atomic mass is 10.2. The molecule has 1 aromatic heterocycles. The van der Waals surface area contributed by atoms with Gasteiger partial charge in [-0.1, -0.05) is 23.2 Å². The molecule has 1 heterocycles. The first kappa shape index (κ1) is 16.2. The fraction of sp³-hybridized carbons (Fsp3) is 0.273. The van der Waals surface area contributed by atoms with Crippen LogP contribution in [0.5, 0.6) is 0 Å². The summed E-state index contributed by atoms with van der Waals surface area (Å²) in [4.78, 5) is 37.5. The van der Waals surface area contributed by atoms with Crippen LogP contribution in [0.3, 0.4) is 0 Å². The Morgan fingerprint density at radius 1 is 1.45 bits per heavy atom. The molecule has 0 saturated heterocycles. The second-order valence-electron chi connectivity index (χ2n) is 3.64. The highest BCUT2D eigenvalue weighted by molar-refractivity contribution is 6.41. The fourth-order valence-corrected chi connectivity index (χ4v) is 1.51. The van der Waals surface area contributed by atoms with Crippen molar-refractivity contribution in [3.05, 3.63) is 28.0 Å². The number of carboxylic acid groups (broad SMARTS) is 1.